The van der Waals surface area contributed by atoms with Crippen LogP contribution in [-0.4, -0.2) is 23.8 Å². The van der Waals surface area contributed by atoms with Crippen molar-refractivity contribution >= 4 is 17.9 Å². The number of rotatable bonds is 15. The highest BCUT2D eigenvalue weighted by Crippen LogP contribution is 2.33. The maximum absolute atomic E-state index is 13.9. The summed E-state index contributed by atoms with van der Waals surface area (Å²) in [6.45, 7) is 1.94. The Morgan fingerprint density at radius 1 is 1.12 bits per heavy atom. The average Bonchev–Trinajstić information content (AvgIpc) is 2.96. The molecule has 1 rings (SSSR count). The molecule has 0 saturated carbocycles. The molecule has 0 amide bonds. The lowest BCUT2D eigenvalue weighted by molar-refractivity contribution is -0.144. The summed E-state index contributed by atoms with van der Waals surface area (Å²) in [4.78, 5) is 34.1. The lowest BCUT2D eigenvalue weighted by atomic mass is 9.85. The molecule has 1 aliphatic carbocycles. The number of unbranched alkanes of at least 4 members (excludes halogenated alkanes) is 6. The number of aldehydes is 1. The van der Waals surface area contributed by atoms with E-state index in [1.54, 1.807) is 6.08 Å². The molecule has 148 valence electrons. The van der Waals surface area contributed by atoms with Gasteiger partial charge in [-0.2, -0.15) is 8.78 Å². The quantitative estimate of drug-likeness (QED) is 0.284. The van der Waals surface area contributed by atoms with Gasteiger partial charge in [0.2, 0.25) is 5.78 Å². The van der Waals surface area contributed by atoms with Crippen molar-refractivity contribution in [3.8, 4) is 0 Å². The first-order chi connectivity index (χ1) is 12.4. The van der Waals surface area contributed by atoms with E-state index in [2.05, 4.69) is 0 Å². The van der Waals surface area contributed by atoms with Gasteiger partial charge in [-0.15, -0.1) is 0 Å². The zero-order valence-corrected chi connectivity index (χ0v) is 15.9. The van der Waals surface area contributed by atoms with Gasteiger partial charge < -0.3 is 4.79 Å². The zero-order valence-electron chi connectivity index (χ0n) is 15.9. The second kappa shape index (κ2) is 12.1. The molecule has 0 aliphatic heterocycles. The van der Waals surface area contributed by atoms with Gasteiger partial charge in [0.15, 0.2) is 5.78 Å². The fraction of sp³-hybridized carbons (Fsp3) is 0.762. The number of carbonyl (C=O) groups is 3. The Morgan fingerprint density at radius 2 is 1.85 bits per heavy atom. The number of hydrogen-bond acceptors (Lipinski definition) is 3. The molecule has 0 radical (unpaired) electrons. The molecule has 0 aromatic heterocycles. The van der Waals surface area contributed by atoms with E-state index in [0.717, 1.165) is 44.8 Å². The number of hydrogen-bond donors (Lipinski definition) is 0. The summed E-state index contributed by atoms with van der Waals surface area (Å²) in [6, 6.07) is 0. The van der Waals surface area contributed by atoms with E-state index < -0.39 is 11.7 Å². The summed E-state index contributed by atoms with van der Waals surface area (Å²) < 4.78 is 27.8. The standard InChI is InChI=1S/C21H32F2O3/c1-2-3-8-15-21(22,23)20(26)14-12-17-11-13-19(25)18(17)10-7-5-4-6-9-16-24/h11,13,16-18H,2-10,12,14-15H2,1H3/t17-,18-/m1/s1. The van der Waals surface area contributed by atoms with Crippen molar-refractivity contribution in [3.63, 3.8) is 0 Å². The van der Waals surface area contributed by atoms with Gasteiger partial charge in [-0.25, -0.2) is 0 Å². The van der Waals surface area contributed by atoms with Gasteiger partial charge >= 0.3 is 5.92 Å². The van der Waals surface area contributed by atoms with Crippen molar-refractivity contribution in [1.29, 1.82) is 0 Å². The van der Waals surface area contributed by atoms with Crippen LogP contribution < -0.4 is 0 Å². The van der Waals surface area contributed by atoms with E-state index in [1.807, 2.05) is 6.92 Å². The second-order valence-corrected chi connectivity index (χ2v) is 7.31. The Morgan fingerprint density at radius 3 is 2.54 bits per heavy atom. The van der Waals surface area contributed by atoms with Crippen LogP contribution in [0.25, 0.3) is 0 Å². The maximum atomic E-state index is 13.9. The molecule has 26 heavy (non-hydrogen) atoms. The SMILES string of the molecule is CCCCCC(F)(F)C(=O)CC[C@H]1C=CC(=O)[C@@H]1CCCCCCC=O. The summed E-state index contributed by atoms with van der Waals surface area (Å²) in [5, 5.41) is 0. The van der Waals surface area contributed by atoms with E-state index in [9.17, 15) is 23.2 Å². The van der Waals surface area contributed by atoms with Crippen molar-refractivity contribution in [1.82, 2.24) is 0 Å². The lowest BCUT2D eigenvalue weighted by Crippen LogP contribution is -2.29. The van der Waals surface area contributed by atoms with Gasteiger partial charge in [0.1, 0.15) is 6.29 Å². The molecule has 0 heterocycles. The number of halogens is 2. The summed E-state index contributed by atoms with van der Waals surface area (Å²) in [6.07, 6.45) is 10.9. The average molecular weight is 370 g/mol. The minimum atomic E-state index is -3.24. The molecule has 0 N–H and O–H groups in total. The Balaban J connectivity index is 2.37. The first kappa shape index (κ1) is 22.7. The first-order valence-corrected chi connectivity index (χ1v) is 9.99. The number of ketones is 2. The van der Waals surface area contributed by atoms with Crippen LogP contribution >= 0.6 is 0 Å². The molecule has 0 fully saturated rings. The summed E-state index contributed by atoms with van der Waals surface area (Å²) >= 11 is 0. The zero-order chi connectivity index (χ0) is 19.4. The highest BCUT2D eigenvalue weighted by Gasteiger charge is 2.38. The fourth-order valence-corrected chi connectivity index (χ4v) is 3.50. The Hall–Kier alpha value is -1.39. The molecule has 2 atom stereocenters. The molecule has 3 nitrogen and oxygen atoms in total. The van der Waals surface area contributed by atoms with Gasteiger partial charge in [-0.05, 0) is 37.7 Å². The van der Waals surface area contributed by atoms with Gasteiger partial charge in [-0.3, -0.25) is 9.59 Å². The van der Waals surface area contributed by atoms with Crippen LogP contribution in [-0.2, 0) is 14.4 Å². The van der Waals surface area contributed by atoms with Gasteiger partial charge in [-0.1, -0.05) is 45.1 Å². The number of Topliss-reactive ketones (excluding diaryl/α,β-unsaturated/α-hetero) is 1. The van der Waals surface area contributed by atoms with Gasteiger partial charge in [0.05, 0.1) is 0 Å². The molecule has 5 heteroatoms. The van der Waals surface area contributed by atoms with Crippen LogP contribution in [0.5, 0.6) is 0 Å². The minimum absolute atomic E-state index is 0.0463. The van der Waals surface area contributed by atoms with Crippen molar-refractivity contribution < 1.29 is 23.2 Å². The van der Waals surface area contributed by atoms with Crippen molar-refractivity contribution in [2.24, 2.45) is 11.8 Å². The number of alkyl halides is 2. The summed E-state index contributed by atoms with van der Waals surface area (Å²) in [5.74, 6) is -4.47. The van der Waals surface area contributed by atoms with E-state index in [-0.39, 0.29) is 30.5 Å². The predicted molar refractivity (Wildman–Crippen MR) is 98.2 cm³/mol. The number of allylic oxidation sites excluding steroid dienone is 2. The Bertz CT molecular complexity index is 486. The van der Waals surface area contributed by atoms with Crippen LogP contribution in [0, 0.1) is 11.8 Å². The van der Waals surface area contributed by atoms with Crippen LogP contribution in [0.2, 0.25) is 0 Å². The molecule has 0 aromatic rings. The Labute approximate surface area is 155 Å². The normalized spacial score (nSPS) is 19.9. The lowest BCUT2D eigenvalue weighted by Gasteiger charge is -2.20. The summed E-state index contributed by atoms with van der Waals surface area (Å²) in [7, 11) is 0. The minimum Gasteiger partial charge on any atom is -0.303 e. The third kappa shape index (κ3) is 7.88. The van der Waals surface area contributed by atoms with Crippen molar-refractivity contribution in [2.45, 2.75) is 89.9 Å². The highest BCUT2D eigenvalue weighted by atomic mass is 19.3. The molecule has 0 aromatic carbocycles. The smallest absolute Gasteiger partial charge is 0.303 e. The third-order valence-electron chi connectivity index (χ3n) is 5.18. The predicted octanol–water partition coefficient (Wildman–Crippen LogP) is 5.46. The molecule has 0 spiro atoms. The molecular weight excluding hydrogens is 338 g/mol. The van der Waals surface area contributed by atoms with Gasteiger partial charge in [0, 0.05) is 25.2 Å². The Kier molecular flexibility index (Phi) is 10.5. The van der Waals surface area contributed by atoms with Crippen LogP contribution in [0.15, 0.2) is 12.2 Å². The van der Waals surface area contributed by atoms with Crippen molar-refractivity contribution in [3.05, 3.63) is 12.2 Å². The van der Waals surface area contributed by atoms with Gasteiger partial charge in [0.25, 0.3) is 0 Å². The fourth-order valence-electron chi connectivity index (χ4n) is 3.50. The van der Waals surface area contributed by atoms with Crippen molar-refractivity contribution in [2.75, 3.05) is 0 Å². The maximum Gasteiger partial charge on any atom is 0.305 e. The largest absolute Gasteiger partial charge is 0.305 e. The topological polar surface area (TPSA) is 51.2 Å². The molecule has 0 bridgehead atoms. The molecular formula is C21H32F2O3. The first-order valence-electron chi connectivity index (χ1n) is 9.99. The van der Waals surface area contributed by atoms with Crippen LogP contribution in [0.4, 0.5) is 8.78 Å². The molecule has 1 aliphatic rings. The van der Waals surface area contributed by atoms with E-state index >= 15 is 0 Å². The molecule has 0 saturated heterocycles. The summed E-state index contributed by atoms with van der Waals surface area (Å²) in [5.41, 5.74) is 0. The van der Waals surface area contributed by atoms with E-state index in [1.165, 1.54) is 6.08 Å². The second-order valence-electron chi connectivity index (χ2n) is 7.31. The van der Waals surface area contributed by atoms with E-state index in [0.29, 0.717) is 25.7 Å². The van der Waals surface area contributed by atoms with Crippen LogP contribution in [0.1, 0.15) is 84.0 Å². The van der Waals surface area contributed by atoms with E-state index in [4.69, 9.17) is 0 Å². The third-order valence-corrected chi connectivity index (χ3v) is 5.18. The highest BCUT2D eigenvalue weighted by molar-refractivity contribution is 5.94. The number of carbonyl (C=O) groups excluding carboxylic acids is 3. The monoisotopic (exact) mass is 370 g/mol. The van der Waals surface area contributed by atoms with Crippen LogP contribution in [0.3, 0.4) is 0 Å². The molecule has 0 unspecified atom stereocenters.